The van der Waals surface area contributed by atoms with Gasteiger partial charge in [0.1, 0.15) is 5.01 Å². The number of rotatable bonds is 4. The maximum Gasteiger partial charge on any atom is 0.114 e. The normalized spacial score (nSPS) is 12.7. The maximum absolute atomic E-state index is 6.29. The van der Waals surface area contributed by atoms with Crippen LogP contribution < -0.4 is 5.32 Å². The fraction of sp³-hybridized carbons (Fsp3) is 0.250. The number of hydrogen-bond acceptors (Lipinski definition) is 4. The number of aryl methyl sites for hydroxylation is 1. The van der Waals surface area contributed by atoms with Gasteiger partial charge in [0.05, 0.1) is 11.6 Å². The molecule has 3 nitrogen and oxygen atoms in total. The Morgan fingerprint density at radius 1 is 1.33 bits per heavy atom. The third-order valence-corrected chi connectivity index (χ3v) is 4.71. The molecule has 108 valence electrons. The van der Waals surface area contributed by atoms with Crippen molar-refractivity contribution < 1.29 is 0 Å². The Morgan fingerprint density at radius 2 is 2.19 bits per heavy atom. The molecule has 3 aromatic rings. The largest absolute Gasteiger partial charge is 0.304 e. The standard InChI is InChI=1S/C16H16ClN3S/c1-3-18-15(16-20-10(2)9-21-16)12-6-7-13(17)11-5-4-8-19-14(11)12/h4-9,15,18H,3H2,1-2H3. The first-order valence-electron chi connectivity index (χ1n) is 6.89. The molecule has 1 N–H and O–H groups in total. The summed E-state index contributed by atoms with van der Waals surface area (Å²) in [7, 11) is 0. The summed E-state index contributed by atoms with van der Waals surface area (Å²) in [6.07, 6.45) is 1.80. The fourth-order valence-corrected chi connectivity index (χ4v) is 3.53. The molecule has 0 radical (unpaired) electrons. The second-order valence-electron chi connectivity index (χ2n) is 4.85. The average Bonchev–Trinajstić information content (AvgIpc) is 2.92. The Labute approximate surface area is 133 Å². The minimum absolute atomic E-state index is 0.0448. The van der Waals surface area contributed by atoms with Crippen LogP contribution in [0.5, 0.6) is 0 Å². The van der Waals surface area contributed by atoms with Gasteiger partial charge in [-0.1, -0.05) is 24.6 Å². The van der Waals surface area contributed by atoms with Crippen LogP contribution in [0.1, 0.15) is 29.2 Å². The van der Waals surface area contributed by atoms with Crippen molar-refractivity contribution in [3.63, 3.8) is 0 Å². The molecule has 0 fully saturated rings. The summed E-state index contributed by atoms with van der Waals surface area (Å²) in [6, 6.07) is 7.94. The summed E-state index contributed by atoms with van der Waals surface area (Å²) in [4.78, 5) is 9.16. The Bertz CT molecular complexity index is 769. The lowest BCUT2D eigenvalue weighted by molar-refractivity contribution is 0.629. The Balaban J connectivity index is 2.18. The molecule has 2 heterocycles. The molecule has 0 saturated carbocycles. The van der Waals surface area contributed by atoms with Gasteiger partial charge in [-0.3, -0.25) is 4.98 Å². The smallest absolute Gasteiger partial charge is 0.114 e. The van der Waals surface area contributed by atoms with Gasteiger partial charge in [-0.25, -0.2) is 4.98 Å². The summed E-state index contributed by atoms with van der Waals surface area (Å²) in [5.41, 5.74) is 3.10. The number of nitrogens with one attached hydrogen (secondary N) is 1. The van der Waals surface area contributed by atoms with E-state index in [0.29, 0.717) is 0 Å². The van der Waals surface area contributed by atoms with E-state index in [0.717, 1.165) is 38.7 Å². The first-order chi connectivity index (χ1) is 10.2. The molecule has 0 amide bonds. The van der Waals surface area contributed by atoms with E-state index in [4.69, 9.17) is 11.6 Å². The highest BCUT2D eigenvalue weighted by Gasteiger charge is 2.20. The van der Waals surface area contributed by atoms with Crippen LogP contribution in [0.25, 0.3) is 10.9 Å². The van der Waals surface area contributed by atoms with Crippen LogP contribution in [0.15, 0.2) is 35.8 Å². The van der Waals surface area contributed by atoms with Crippen LogP contribution in [-0.2, 0) is 0 Å². The quantitative estimate of drug-likeness (QED) is 0.777. The topological polar surface area (TPSA) is 37.8 Å². The molecule has 1 unspecified atom stereocenters. The lowest BCUT2D eigenvalue weighted by Crippen LogP contribution is -2.22. The number of fused-ring (bicyclic) bond motifs is 1. The average molecular weight is 318 g/mol. The zero-order valence-corrected chi connectivity index (χ0v) is 13.5. The molecular formula is C16H16ClN3S. The Morgan fingerprint density at radius 3 is 2.90 bits per heavy atom. The first-order valence-corrected chi connectivity index (χ1v) is 8.15. The van der Waals surface area contributed by atoms with Crippen LogP contribution in [0.3, 0.4) is 0 Å². The summed E-state index contributed by atoms with van der Waals surface area (Å²) >= 11 is 7.96. The van der Waals surface area contributed by atoms with E-state index in [1.165, 1.54) is 0 Å². The minimum Gasteiger partial charge on any atom is -0.304 e. The van der Waals surface area contributed by atoms with Gasteiger partial charge in [-0.15, -0.1) is 11.3 Å². The molecule has 0 spiro atoms. The highest BCUT2D eigenvalue weighted by atomic mass is 35.5. The molecule has 3 rings (SSSR count). The van der Waals surface area contributed by atoms with Gasteiger partial charge in [0.15, 0.2) is 0 Å². The van der Waals surface area contributed by atoms with Crippen molar-refractivity contribution in [3.05, 3.63) is 57.1 Å². The van der Waals surface area contributed by atoms with Gasteiger partial charge in [0, 0.05) is 33.2 Å². The van der Waals surface area contributed by atoms with E-state index >= 15 is 0 Å². The summed E-state index contributed by atoms with van der Waals surface area (Å²) in [5.74, 6) is 0. The number of aromatic nitrogens is 2. The lowest BCUT2D eigenvalue weighted by Gasteiger charge is -2.18. The number of thiazole rings is 1. The van der Waals surface area contributed by atoms with Crippen LogP contribution in [0.4, 0.5) is 0 Å². The number of nitrogens with zero attached hydrogens (tertiary/aromatic N) is 2. The van der Waals surface area contributed by atoms with Gasteiger partial charge in [-0.2, -0.15) is 0 Å². The lowest BCUT2D eigenvalue weighted by atomic mass is 10.0. The predicted molar refractivity (Wildman–Crippen MR) is 89.1 cm³/mol. The summed E-state index contributed by atoms with van der Waals surface area (Å²) < 4.78 is 0. The van der Waals surface area contributed by atoms with E-state index in [-0.39, 0.29) is 6.04 Å². The molecular weight excluding hydrogens is 302 g/mol. The van der Waals surface area contributed by atoms with Gasteiger partial charge in [0.2, 0.25) is 0 Å². The summed E-state index contributed by atoms with van der Waals surface area (Å²) in [5, 5.41) is 8.35. The van der Waals surface area contributed by atoms with E-state index < -0.39 is 0 Å². The monoisotopic (exact) mass is 317 g/mol. The molecule has 21 heavy (non-hydrogen) atoms. The molecule has 0 saturated heterocycles. The third-order valence-electron chi connectivity index (χ3n) is 3.35. The van der Waals surface area contributed by atoms with E-state index in [9.17, 15) is 0 Å². The van der Waals surface area contributed by atoms with Crippen molar-refractivity contribution in [2.24, 2.45) is 0 Å². The number of benzene rings is 1. The molecule has 0 aliphatic carbocycles. The second kappa shape index (κ2) is 6.10. The van der Waals surface area contributed by atoms with Crippen molar-refractivity contribution in [2.75, 3.05) is 6.54 Å². The van der Waals surface area contributed by atoms with Gasteiger partial charge in [-0.05, 0) is 31.7 Å². The van der Waals surface area contributed by atoms with Crippen LogP contribution in [0, 0.1) is 6.92 Å². The van der Waals surface area contributed by atoms with E-state index in [2.05, 4.69) is 27.6 Å². The molecule has 5 heteroatoms. The van der Waals surface area contributed by atoms with Crippen molar-refractivity contribution in [1.82, 2.24) is 15.3 Å². The van der Waals surface area contributed by atoms with Gasteiger partial charge < -0.3 is 5.32 Å². The predicted octanol–water partition coefficient (Wildman–Crippen LogP) is 4.35. The third kappa shape index (κ3) is 2.79. The number of hydrogen-bond donors (Lipinski definition) is 1. The van der Waals surface area contributed by atoms with Crippen LogP contribution >= 0.6 is 22.9 Å². The highest BCUT2D eigenvalue weighted by molar-refractivity contribution is 7.09. The maximum atomic E-state index is 6.29. The molecule has 0 bridgehead atoms. The number of pyridine rings is 1. The molecule has 0 aliphatic heterocycles. The molecule has 1 aromatic carbocycles. The fourth-order valence-electron chi connectivity index (χ4n) is 2.43. The van der Waals surface area contributed by atoms with Crippen molar-refractivity contribution in [3.8, 4) is 0 Å². The Hall–Kier alpha value is -1.49. The van der Waals surface area contributed by atoms with Gasteiger partial charge in [0.25, 0.3) is 0 Å². The zero-order chi connectivity index (χ0) is 14.8. The van der Waals surface area contributed by atoms with Crippen molar-refractivity contribution >= 4 is 33.8 Å². The van der Waals surface area contributed by atoms with Gasteiger partial charge >= 0.3 is 0 Å². The van der Waals surface area contributed by atoms with E-state index in [1.807, 2.05) is 31.2 Å². The molecule has 0 aliphatic rings. The second-order valence-corrected chi connectivity index (χ2v) is 6.15. The molecule has 2 aromatic heterocycles. The van der Waals surface area contributed by atoms with Crippen molar-refractivity contribution in [1.29, 1.82) is 0 Å². The van der Waals surface area contributed by atoms with Crippen LogP contribution in [0.2, 0.25) is 5.02 Å². The zero-order valence-electron chi connectivity index (χ0n) is 11.9. The van der Waals surface area contributed by atoms with Crippen molar-refractivity contribution in [2.45, 2.75) is 19.9 Å². The van der Waals surface area contributed by atoms with E-state index in [1.54, 1.807) is 17.5 Å². The minimum atomic E-state index is 0.0448. The molecule has 1 atom stereocenters. The highest BCUT2D eigenvalue weighted by Crippen LogP contribution is 2.32. The SMILES string of the molecule is CCNC(c1nc(C)cs1)c1ccc(Cl)c2cccnc12. The van der Waals surface area contributed by atoms with Crippen LogP contribution in [-0.4, -0.2) is 16.5 Å². The number of halogens is 1. The first kappa shape index (κ1) is 14.4. The summed E-state index contributed by atoms with van der Waals surface area (Å²) in [6.45, 7) is 4.97. The Kier molecular flexibility index (Phi) is 4.19.